The fraction of sp³-hybridized carbons (Fsp3) is 0.150. The van der Waals surface area contributed by atoms with Crippen LogP contribution in [0.5, 0.6) is 5.75 Å². The van der Waals surface area contributed by atoms with Crippen LogP contribution in [0.25, 0.3) is 0 Å². The van der Waals surface area contributed by atoms with Crippen LogP contribution in [0.1, 0.15) is 23.0 Å². The summed E-state index contributed by atoms with van der Waals surface area (Å²) >= 11 is 0. The largest absolute Gasteiger partial charge is 0.494 e. The first-order valence-corrected chi connectivity index (χ1v) is 8.35. The molecule has 0 saturated carbocycles. The van der Waals surface area contributed by atoms with Crippen LogP contribution in [-0.4, -0.2) is 22.5 Å². The van der Waals surface area contributed by atoms with E-state index < -0.39 is 0 Å². The number of nitrogens with zero attached hydrogens (tertiary/aromatic N) is 2. The van der Waals surface area contributed by atoms with Gasteiger partial charge in [0.25, 0.3) is 5.91 Å². The predicted molar refractivity (Wildman–Crippen MR) is 102 cm³/mol. The van der Waals surface area contributed by atoms with Crippen molar-refractivity contribution in [1.82, 2.24) is 9.97 Å². The SMILES string of the molecule is CCOc1ccc(Nc2nccc(C(=O)Nc3ccc(C)cc3)n2)cc1. The Morgan fingerprint density at radius 2 is 1.69 bits per heavy atom. The van der Waals surface area contributed by atoms with Gasteiger partial charge in [0.1, 0.15) is 11.4 Å². The minimum Gasteiger partial charge on any atom is -0.494 e. The second kappa shape index (κ2) is 8.11. The van der Waals surface area contributed by atoms with E-state index in [-0.39, 0.29) is 11.6 Å². The molecule has 0 aliphatic carbocycles. The Hall–Kier alpha value is -3.41. The van der Waals surface area contributed by atoms with Crippen LogP contribution in [0.3, 0.4) is 0 Å². The van der Waals surface area contributed by atoms with Gasteiger partial charge in [-0.1, -0.05) is 17.7 Å². The summed E-state index contributed by atoms with van der Waals surface area (Å²) in [4.78, 5) is 20.8. The number of benzene rings is 2. The molecule has 2 aromatic carbocycles. The molecule has 1 amide bonds. The number of nitrogens with one attached hydrogen (secondary N) is 2. The van der Waals surface area contributed by atoms with E-state index in [1.165, 1.54) is 0 Å². The Bertz CT molecular complexity index is 877. The molecular formula is C20H20N4O2. The molecule has 1 heterocycles. The lowest BCUT2D eigenvalue weighted by atomic mass is 10.2. The van der Waals surface area contributed by atoms with Gasteiger partial charge >= 0.3 is 0 Å². The Labute approximate surface area is 152 Å². The molecule has 0 aliphatic rings. The molecule has 0 spiro atoms. The lowest BCUT2D eigenvalue weighted by Crippen LogP contribution is -2.14. The van der Waals surface area contributed by atoms with E-state index >= 15 is 0 Å². The fourth-order valence-corrected chi connectivity index (χ4v) is 2.31. The van der Waals surface area contributed by atoms with Crippen molar-refractivity contribution in [2.75, 3.05) is 17.2 Å². The number of rotatable bonds is 6. The van der Waals surface area contributed by atoms with Crippen LogP contribution in [0.15, 0.2) is 60.8 Å². The maximum atomic E-state index is 12.4. The first kappa shape index (κ1) is 17.4. The summed E-state index contributed by atoms with van der Waals surface area (Å²) in [6, 6.07) is 16.6. The summed E-state index contributed by atoms with van der Waals surface area (Å²) in [6.07, 6.45) is 1.55. The van der Waals surface area contributed by atoms with Gasteiger partial charge < -0.3 is 15.4 Å². The second-order valence-corrected chi connectivity index (χ2v) is 5.67. The summed E-state index contributed by atoms with van der Waals surface area (Å²) in [7, 11) is 0. The molecule has 6 nitrogen and oxygen atoms in total. The molecule has 0 unspecified atom stereocenters. The third-order valence-corrected chi connectivity index (χ3v) is 3.62. The Morgan fingerprint density at radius 3 is 2.38 bits per heavy atom. The average Bonchev–Trinajstić information content (AvgIpc) is 2.66. The van der Waals surface area contributed by atoms with Crippen molar-refractivity contribution in [3.8, 4) is 5.75 Å². The molecule has 0 atom stereocenters. The number of aromatic nitrogens is 2. The molecular weight excluding hydrogens is 328 g/mol. The Morgan fingerprint density at radius 1 is 1.00 bits per heavy atom. The van der Waals surface area contributed by atoms with Gasteiger partial charge in [-0.15, -0.1) is 0 Å². The fourth-order valence-electron chi connectivity index (χ4n) is 2.31. The van der Waals surface area contributed by atoms with Crippen molar-refractivity contribution < 1.29 is 9.53 Å². The van der Waals surface area contributed by atoms with E-state index in [1.54, 1.807) is 12.3 Å². The summed E-state index contributed by atoms with van der Waals surface area (Å²) in [6.45, 7) is 4.55. The Kier molecular flexibility index (Phi) is 5.43. The molecule has 1 aromatic heterocycles. The minimum absolute atomic E-state index is 0.286. The van der Waals surface area contributed by atoms with Gasteiger partial charge in [0.2, 0.25) is 5.95 Å². The first-order valence-electron chi connectivity index (χ1n) is 8.35. The highest BCUT2D eigenvalue weighted by atomic mass is 16.5. The van der Waals surface area contributed by atoms with E-state index in [9.17, 15) is 4.79 Å². The molecule has 0 aliphatic heterocycles. The molecule has 0 bridgehead atoms. The molecule has 0 radical (unpaired) electrons. The van der Waals surface area contributed by atoms with E-state index in [0.29, 0.717) is 12.6 Å². The van der Waals surface area contributed by atoms with Crippen molar-refractivity contribution in [3.05, 3.63) is 72.1 Å². The molecule has 0 saturated heterocycles. The number of amides is 1. The van der Waals surface area contributed by atoms with Crippen LogP contribution in [0.4, 0.5) is 17.3 Å². The van der Waals surface area contributed by atoms with Gasteiger partial charge in [0.05, 0.1) is 6.61 Å². The van der Waals surface area contributed by atoms with Crippen molar-refractivity contribution in [2.45, 2.75) is 13.8 Å². The van der Waals surface area contributed by atoms with Crippen molar-refractivity contribution in [3.63, 3.8) is 0 Å². The highest BCUT2D eigenvalue weighted by molar-refractivity contribution is 6.03. The number of carbonyl (C=O) groups is 1. The summed E-state index contributed by atoms with van der Waals surface area (Å²) in [5.41, 5.74) is 2.95. The monoisotopic (exact) mass is 348 g/mol. The zero-order valence-corrected chi connectivity index (χ0v) is 14.7. The normalized spacial score (nSPS) is 10.2. The molecule has 26 heavy (non-hydrogen) atoms. The number of hydrogen-bond donors (Lipinski definition) is 2. The van der Waals surface area contributed by atoms with E-state index in [0.717, 1.165) is 22.7 Å². The maximum Gasteiger partial charge on any atom is 0.274 e. The molecule has 0 fully saturated rings. The Balaban J connectivity index is 1.69. The van der Waals surface area contributed by atoms with Gasteiger partial charge in [-0.3, -0.25) is 4.79 Å². The molecule has 3 rings (SSSR count). The highest BCUT2D eigenvalue weighted by Gasteiger charge is 2.09. The van der Waals surface area contributed by atoms with E-state index in [1.807, 2.05) is 62.4 Å². The number of aryl methyl sites for hydroxylation is 1. The van der Waals surface area contributed by atoms with Gasteiger partial charge in [0, 0.05) is 17.6 Å². The van der Waals surface area contributed by atoms with Gasteiger partial charge in [-0.05, 0) is 56.3 Å². The van der Waals surface area contributed by atoms with Gasteiger partial charge in [-0.2, -0.15) is 0 Å². The van der Waals surface area contributed by atoms with Crippen LogP contribution in [-0.2, 0) is 0 Å². The lowest BCUT2D eigenvalue weighted by molar-refractivity contribution is 0.102. The van der Waals surface area contributed by atoms with Gasteiger partial charge in [0.15, 0.2) is 0 Å². The standard InChI is InChI=1S/C20H20N4O2/c1-3-26-17-10-8-16(9-11-17)23-20-21-13-12-18(24-20)19(25)22-15-6-4-14(2)5-7-15/h4-13H,3H2,1-2H3,(H,22,25)(H,21,23,24). The highest BCUT2D eigenvalue weighted by Crippen LogP contribution is 2.18. The van der Waals surface area contributed by atoms with E-state index in [4.69, 9.17) is 4.74 Å². The minimum atomic E-state index is -0.286. The summed E-state index contributed by atoms with van der Waals surface area (Å²) < 4.78 is 5.41. The lowest BCUT2D eigenvalue weighted by Gasteiger charge is -2.08. The van der Waals surface area contributed by atoms with Crippen molar-refractivity contribution >= 4 is 23.2 Å². The topological polar surface area (TPSA) is 76.1 Å². The summed E-state index contributed by atoms with van der Waals surface area (Å²) in [5.74, 6) is 0.863. The van der Waals surface area contributed by atoms with Crippen LogP contribution >= 0.6 is 0 Å². The van der Waals surface area contributed by atoms with Crippen molar-refractivity contribution in [1.29, 1.82) is 0 Å². The quantitative estimate of drug-likeness (QED) is 0.699. The maximum absolute atomic E-state index is 12.4. The molecule has 132 valence electrons. The van der Waals surface area contributed by atoms with Crippen LogP contribution in [0.2, 0.25) is 0 Å². The van der Waals surface area contributed by atoms with Crippen molar-refractivity contribution in [2.24, 2.45) is 0 Å². The predicted octanol–water partition coefficient (Wildman–Crippen LogP) is 4.18. The molecule has 6 heteroatoms. The molecule has 2 N–H and O–H groups in total. The average molecular weight is 348 g/mol. The van der Waals surface area contributed by atoms with Gasteiger partial charge in [-0.25, -0.2) is 9.97 Å². The number of carbonyl (C=O) groups excluding carboxylic acids is 1. The summed E-state index contributed by atoms with van der Waals surface area (Å²) in [5, 5.41) is 5.91. The molecule has 3 aromatic rings. The second-order valence-electron chi connectivity index (χ2n) is 5.67. The number of hydrogen-bond acceptors (Lipinski definition) is 5. The van der Waals surface area contributed by atoms with E-state index in [2.05, 4.69) is 20.6 Å². The first-order chi connectivity index (χ1) is 12.6. The number of anilines is 3. The van der Waals surface area contributed by atoms with Crippen LogP contribution < -0.4 is 15.4 Å². The smallest absolute Gasteiger partial charge is 0.274 e. The third kappa shape index (κ3) is 4.57. The third-order valence-electron chi connectivity index (χ3n) is 3.62. The van der Waals surface area contributed by atoms with Crippen LogP contribution in [0, 0.1) is 6.92 Å². The zero-order valence-electron chi connectivity index (χ0n) is 14.7. The number of ether oxygens (including phenoxy) is 1. The zero-order chi connectivity index (χ0) is 18.4.